The van der Waals surface area contributed by atoms with E-state index in [2.05, 4.69) is 15.5 Å². The monoisotopic (exact) mass is 423 g/mol. The van der Waals surface area contributed by atoms with Gasteiger partial charge >= 0.3 is 0 Å². The number of piperidine rings is 1. The lowest BCUT2D eigenvalue weighted by molar-refractivity contribution is -0.130. The summed E-state index contributed by atoms with van der Waals surface area (Å²) in [4.78, 5) is 14.4. The van der Waals surface area contributed by atoms with Gasteiger partial charge in [0.05, 0.1) is 11.8 Å². The van der Waals surface area contributed by atoms with E-state index in [1.165, 1.54) is 36.7 Å². The Bertz CT molecular complexity index is 851. The zero-order chi connectivity index (χ0) is 20.2. The highest BCUT2D eigenvalue weighted by molar-refractivity contribution is 7.99. The van der Waals surface area contributed by atoms with Gasteiger partial charge < -0.3 is 9.64 Å². The number of hydrogen-bond donors (Lipinski definition) is 0. The molecule has 1 saturated heterocycles. The van der Waals surface area contributed by atoms with Crippen molar-refractivity contribution in [2.75, 3.05) is 18.8 Å². The third kappa shape index (κ3) is 4.85. The second kappa shape index (κ2) is 9.06. The predicted octanol–water partition coefficient (Wildman–Crippen LogP) is 3.23. The maximum Gasteiger partial charge on any atom is 0.233 e. The summed E-state index contributed by atoms with van der Waals surface area (Å²) in [6.07, 6.45) is 5.55. The Balaban J connectivity index is 1.25. The Kier molecular flexibility index (Phi) is 6.27. The van der Waals surface area contributed by atoms with Crippen LogP contribution in [0.15, 0.2) is 23.4 Å². The third-order valence-electron chi connectivity index (χ3n) is 5.44. The fraction of sp³-hybridized carbons (Fsp3) is 0.579. The van der Waals surface area contributed by atoms with Gasteiger partial charge in [-0.15, -0.1) is 5.10 Å². The first-order valence-electron chi connectivity index (χ1n) is 9.90. The zero-order valence-electron chi connectivity index (χ0n) is 16.0. The van der Waals surface area contributed by atoms with E-state index in [0.29, 0.717) is 37.1 Å². The molecule has 0 radical (unpaired) electrons. The van der Waals surface area contributed by atoms with Gasteiger partial charge in [-0.1, -0.05) is 24.6 Å². The van der Waals surface area contributed by atoms with Crippen LogP contribution in [0.2, 0.25) is 0 Å². The Morgan fingerprint density at radius 1 is 1.17 bits per heavy atom. The minimum Gasteiger partial charge on any atom is -0.487 e. The van der Waals surface area contributed by atoms with E-state index in [0.717, 1.165) is 18.9 Å². The van der Waals surface area contributed by atoms with E-state index >= 15 is 0 Å². The van der Waals surface area contributed by atoms with Crippen molar-refractivity contribution in [2.45, 2.75) is 55.8 Å². The topological polar surface area (TPSA) is 73.1 Å². The van der Waals surface area contributed by atoms with Crippen LogP contribution in [0.3, 0.4) is 0 Å². The summed E-state index contributed by atoms with van der Waals surface area (Å²) < 4.78 is 34.2. The number of carbonyl (C=O) groups excluding carboxylic acids is 1. The standard InChI is InChI=1S/C19H23F2N5O2S/c20-13-5-6-17(16(21)11-13)28-15-7-9-25(10-8-15)18(27)12-29-19-22-23-24-26(19)14-3-1-2-4-14/h5-6,11,14-15H,1-4,7-10,12H2. The second-order valence-electron chi connectivity index (χ2n) is 7.41. The van der Waals surface area contributed by atoms with Crippen LogP contribution >= 0.6 is 11.8 Å². The van der Waals surface area contributed by atoms with E-state index in [-0.39, 0.29) is 23.5 Å². The van der Waals surface area contributed by atoms with Crippen molar-refractivity contribution in [2.24, 2.45) is 0 Å². The van der Waals surface area contributed by atoms with E-state index in [9.17, 15) is 13.6 Å². The van der Waals surface area contributed by atoms with Crippen LogP contribution in [-0.4, -0.2) is 56.0 Å². The van der Waals surface area contributed by atoms with Gasteiger partial charge in [0.2, 0.25) is 11.1 Å². The number of ether oxygens (including phenoxy) is 1. The lowest BCUT2D eigenvalue weighted by Crippen LogP contribution is -2.42. The van der Waals surface area contributed by atoms with Crippen molar-refractivity contribution in [3.05, 3.63) is 29.8 Å². The molecule has 1 amide bonds. The fourth-order valence-corrected chi connectivity index (χ4v) is 4.70. The SMILES string of the molecule is O=C(CSc1nnnn1C1CCCC1)N1CCC(Oc2ccc(F)cc2F)CC1. The van der Waals surface area contributed by atoms with E-state index in [1.807, 2.05) is 4.68 Å². The molecule has 2 aliphatic rings. The lowest BCUT2D eigenvalue weighted by Gasteiger charge is -2.32. The van der Waals surface area contributed by atoms with Gasteiger partial charge in [0, 0.05) is 32.0 Å². The molecule has 2 fully saturated rings. The molecule has 2 heterocycles. The molecule has 0 unspecified atom stereocenters. The van der Waals surface area contributed by atoms with Crippen molar-refractivity contribution in [3.8, 4) is 5.75 Å². The highest BCUT2D eigenvalue weighted by Gasteiger charge is 2.26. The van der Waals surface area contributed by atoms with Crippen molar-refractivity contribution < 1.29 is 18.3 Å². The van der Waals surface area contributed by atoms with Crippen molar-refractivity contribution in [1.29, 1.82) is 0 Å². The van der Waals surface area contributed by atoms with Crippen molar-refractivity contribution in [3.63, 3.8) is 0 Å². The predicted molar refractivity (Wildman–Crippen MR) is 103 cm³/mol. The van der Waals surface area contributed by atoms with Gasteiger partial charge in [-0.3, -0.25) is 4.79 Å². The second-order valence-corrected chi connectivity index (χ2v) is 8.35. The molecule has 1 aromatic carbocycles. The smallest absolute Gasteiger partial charge is 0.233 e. The molecule has 7 nitrogen and oxygen atoms in total. The van der Waals surface area contributed by atoms with Crippen LogP contribution in [0.1, 0.15) is 44.6 Å². The summed E-state index contributed by atoms with van der Waals surface area (Å²) in [7, 11) is 0. The first kappa shape index (κ1) is 20.1. The van der Waals surface area contributed by atoms with Crippen LogP contribution in [0.5, 0.6) is 5.75 Å². The molecule has 1 saturated carbocycles. The minimum absolute atomic E-state index is 0.0300. The number of benzene rings is 1. The van der Waals surface area contributed by atoms with E-state index < -0.39 is 11.6 Å². The van der Waals surface area contributed by atoms with Crippen molar-refractivity contribution >= 4 is 17.7 Å². The minimum atomic E-state index is -0.708. The highest BCUT2D eigenvalue weighted by Crippen LogP contribution is 2.31. The molecule has 4 rings (SSSR count). The molecule has 1 aliphatic carbocycles. The van der Waals surface area contributed by atoms with Gasteiger partial charge in [-0.25, -0.2) is 13.5 Å². The Morgan fingerprint density at radius 3 is 2.66 bits per heavy atom. The zero-order valence-corrected chi connectivity index (χ0v) is 16.8. The molecule has 1 aromatic heterocycles. The summed E-state index contributed by atoms with van der Waals surface area (Å²) in [5, 5.41) is 12.6. The number of nitrogens with zero attached hydrogens (tertiary/aromatic N) is 5. The van der Waals surface area contributed by atoms with E-state index in [4.69, 9.17) is 4.74 Å². The number of aromatic nitrogens is 4. The first-order chi connectivity index (χ1) is 14.1. The quantitative estimate of drug-likeness (QED) is 0.665. The van der Waals surface area contributed by atoms with Crippen LogP contribution in [0.25, 0.3) is 0 Å². The lowest BCUT2D eigenvalue weighted by atomic mass is 10.1. The maximum absolute atomic E-state index is 13.7. The Hall–Kier alpha value is -2.23. The highest BCUT2D eigenvalue weighted by atomic mass is 32.2. The van der Waals surface area contributed by atoms with Crippen LogP contribution in [-0.2, 0) is 4.79 Å². The van der Waals surface area contributed by atoms with Crippen LogP contribution in [0.4, 0.5) is 8.78 Å². The third-order valence-corrected chi connectivity index (χ3v) is 6.36. The van der Waals surface area contributed by atoms with Crippen LogP contribution in [0, 0.1) is 11.6 Å². The molecule has 0 bridgehead atoms. The maximum atomic E-state index is 13.7. The molecule has 0 atom stereocenters. The first-order valence-corrected chi connectivity index (χ1v) is 10.9. The number of thioether (sulfide) groups is 1. The number of amides is 1. The molecular weight excluding hydrogens is 400 g/mol. The number of hydrogen-bond acceptors (Lipinski definition) is 6. The fourth-order valence-electron chi connectivity index (χ4n) is 3.85. The summed E-state index contributed by atoms with van der Waals surface area (Å²) >= 11 is 1.37. The normalized spacial score (nSPS) is 18.3. The van der Waals surface area contributed by atoms with Crippen LogP contribution < -0.4 is 4.74 Å². The Labute approximate surface area is 171 Å². The number of halogens is 2. The summed E-state index contributed by atoms with van der Waals surface area (Å²) in [5.41, 5.74) is 0. The Morgan fingerprint density at radius 2 is 1.93 bits per heavy atom. The van der Waals surface area contributed by atoms with E-state index in [1.54, 1.807) is 4.90 Å². The molecule has 156 valence electrons. The largest absolute Gasteiger partial charge is 0.487 e. The number of tetrazole rings is 1. The molecular formula is C19H23F2N5O2S. The summed E-state index contributed by atoms with van der Waals surface area (Å²) in [6.45, 7) is 1.08. The summed E-state index contributed by atoms with van der Waals surface area (Å²) in [5.74, 6) is -0.981. The average Bonchev–Trinajstić information content (AvgIpc) is 3.40. The van der Waals surface area contributed by atoms with Gasteiger partial charge in [0.15, 0.2) is 11.6 Å². The molecule has 29 heavy (non-hydrogen) atoms. The number of carbonyl (C=O) groups is 1. The molecule has 1 aliphatic heterocycles. The number of likely N-dealkylation sites (tertiary alicyclic amines) is 1. The van der Waals surface area contributed by atoms with Gasteiger partial charge in [-0.2, -0.15) is 0 Å². The van der Waals surface area contributed by atoms with Crippen molar-refractivity contribution in [1.82, 2.24) is 25.1 Å². The average molecular weight is 423 g/mol. The molecule has 2 aromatic rings. The molecule has 0 N–H and O–H groups in total. The number of rotatable bonds is 6. The van der Waals surface area contributed by atoms with Gasteiger partial charge in [-0.05, 0) is 35.4 Å². The van der Waals surface area contributed by atoms with Gasteiger partial charge in [0.25, 0.3) is 0 Å². The molecule has 0 spiro atoms. The van der Waals surface area contributed by atoms with Gasteiger partial charge in [0.1, 0.15) is 11.9 Å². The molecule has 10 heteroatoms. The summed E-state index contributed by atoms with van der Waals surface area (Å²) in [6, 6.07) is 3.62.